The van der Waals surface area contributed by atoms with Gasteiger partial charge in [0, 0.05) is 43.1 Å². The van der Waals surface area contributed by atoms with Crippen LogP contribution >= 0.6 is 0 Å². The highest BCUT2D eigenvalue weighted by molar-refractivity contribution is 6.51. The molecule has 2 fully saturated rings. The number of aliphatic hydroxyl groups excluding tert-OH is 1. The van der Waals surface area contributed by atoms with E-state index in [1.54, 1.807) is 36.4 Å². The largest absolute Gasteiger partial charge is 0.508 e. The van der Waals surface area contributed by atoms with E-state index in [1.807, 2.05) is 24.3 Å². The number of benzene rings is 3. The zero-order valence-electron chi connectivity index (χ0n) is 23.6. The number of nitrogens with zero attached hydrogens (tertiary/aromatic N) is 3. The Bertz CT molecular complexity index is 1390. The summed E-state index contributed by atoms with van der Waals surface area (Å²) in [5, 5.41) is 21.3. The molecule has 8 nitrogen and oxygen atoms in total. The van der Waals surface area contributed by atoms with Gasteiger partial charge in [-0.15, -0.1) is 0 Å². The van der Waals surface area contributed by atoms with E-state index in [4.69, 9.17) is 4.74 Å². The lowest BCUT2D eigenvalue weighted by Crippen LogP contribution is -2.44. The smallest absolute Gasteiger partial charge is 0.300 e. The van der Waals surface area contributed by atoms with Crippen LogP contribution in [0.2, 0.25) is 0 Å². The third kappa shape index (κ3) is 6.07. The second-order valence-corrected chi connectivity index (χ2v) is 10.6. The van der Waals surface area contributed by atoms with Crippen molar-refractivity contribution in [2.45, 2.75) is 32.2 Å². The number of hydrogen-bond acceptors (Lipinski definition) is 7. The summed E-state index contributed by atoms with van der Waals surface area (Å²) in [6.45, 7) is 6.52. The monoisotopic (exact) mass is 555 g/mol. The van der Waals surface area contributed by atoms with Gasteiger partial charge in [-0.3, -0.25) is 14.5 Å². The molecule has 0 spiro atoms. The van der Waals surface area contributed by atoms with Gasteiger partial charge in [-0.25, -0.2) is 0 Å². The maximum Gasteiger partial charge on any atom is 0.300 e. The molecule has 2 heterocycles. The standard InChI is InChI=1S/C33H37N3O5/c1-3-4-5-22-41-28-16-8-24(9-17-28)31(38)29-30(23-6-14-27(37)15-7-23)36(33(40)32(29)39)26-12-10-25(11-13-26)35-20-18-34(2)19-21-35/h6-17,30,37-38H,3-5,18-22H2,1-2H3/b31-29+. The van der Waals surface area contributed by atoms with Crippen molar-refractivity contribution >= 4 is 28.8 Å². The third-order valence-corrected chi connectivity index (χ3v) is 7.79. The Labute approximate surface area is 241 Å². The van der Waals surface area contributed by atoms with Crippen molar-refractivity contribution < 1.29 is 24.5 Å². The number of Topliss-reactive ketones (excluding diaryl/α,β-unsaturated/α-hetero) is 1. The molecule has 2 N–H and O–H groups in total. The van der Waals surface area contributed by atoms with Gasteiger partial charge in [0.1, 0.15) is 17.3 Å². The number of aromatic hydroxyl groups is 1. The number of carbonyl (C=O) groups is 2. The van der Waals surface area contributed by atoms with E-state index < -0.39 is 17.7 Å². The van der Waals surface area contributed by atoms with E-state index in [-0.39, 0.29) is 17.1 Å². The third-order valence-electron chi connectivity index (χ3n) is 7.79. The van der Waals surface area contributed by atoms with Crippen LogP contribution in [-0.4, -0.2) is 66.6 Å². The molecule has 1 unspecified atom stereocenters. The minimum absolute atomic E-state index is 0.000415. The molecule has 214 valence electrons. The van der Waals surface area contributed by atoms with Crippen LogP contribution in [0.25, 0.3) is 5.76 Å². The van der Waals surface area contributed by atoms with Crippen molar-refractivity contribution in [1.82, 2.24) is 4.90 Å². The summed E-state index contributed by atoms with van der Waals surface area (Å²) in [7, 11) is 2.11. The van der Waals surface area contributed by atoms with Crippen molar-refractivity contribution in [2.75, 3.05) is 49.6 Å². The van der Waals surface area contributed by atoms with Crippen molar-refractivity contribution in [3.8, 4) is 11.5 Å². The first kappa shape index (κ1) is 28.2. The highest BCUT2D eigenvalue weighted by Gasteiger charge is 2.47. The predicted octanol–water partition coefficient (Wildman–Crippen LogP) is 5.34. The molecule has 0 radical (unpaired) electrons. The van der Waals surface area contributed by atoms with Crippen molar-refractivity contribution in [1.29, 1.82) is 0 Å². The number of rotatable bonds is 9. The second kappa shape index (κ2) is 12.5. The Kier molecular flexibility index (Phi) is 8.59. The summed E-state index contributed by atoms with van der Waals surface area (Å²) >= 11 is 0. The highest BCUT2D eigenvalue weighted by Crippen LogP contribution is 2.43. The molecule has 2 saturated heterocycles. The lowest BCUT2D eigenvalue weighted by Gasteiger charge is -2.34. The molecular weight excluding hydrogens is 518 g/mol. The summed E-state index contributed by atoms with van der Waals surface area (Å²) in [4.78, 5) is 33.0. The zero-order valence-corrected chi connectivity index (χ0v) is 23.6. The molecule has 3 aromatic carbocycles. The molecule has 8 heteroatoms. The van der Waals surface area contributed by atoms with Crippen LogP contribution < -0.4 is 14.5 Å². The van der Waals surface area contributed by atoms with Crippen molar-refractivity contribution in [3.05, 3.63) is 89.5 Å². The summed E-state index contributed by atoms with van der Waals surface area (Å²) in [5.74, 6) is -0.989. The molecule has 1 atom stereocenters. The number of amides is 1. The van der Waals surface area contributed by atoms with Crippen LogP contribution in [0.4, 0.5) is 11.4 Å². The molecule has 0 aliphatic carbocycles. The van der Waals surface area contributed by atoms with Crippen LogP contribution in [0.15, 0.2) is 78.4 Å². The van der Waals surface area contributed by atoms with Gasteiger partial charge < -0.3 is 24.7 Å². The lowest BCUT2D eigenvalue weighted by molar-refractivity contribution is -0.132. The van der Waals surface area contributed by atoms with Crippen LogP contribution in [0.5, 0.6) is 11.5 Å². The Morgan fingerprint density at radius 1 is 0.854 bits per heavy atom. The minimum Gasteiger partial charge on any atom is -0.508 e. The Morgan fingerprint density at radius 3 is 2.12 bits per heavy atom. The molecule has 1 amide bonds. The van der Waals surface area contributed by atoms with Gasteiger partial charge in [-0.05, 0) is 79.7 Å². The fourth-order valence-corrected chi connectivity index (χ4v) is 5.37. The Morgan fingerprint density at radius 2 is 1.49 bits per heavy atom. The van der Waals surface area contributed by atoms with Gasteiger partial charge in [0.25, 0.3) is 11.7 Å². The summed E-state index contributed by atoms with van der Waals surface area (Å²) in [6, 6.07) is 20.0. The molecule has 0 aromatic heterocycles. The van der Waals surface area contributed by atoms with Gasteiger partial charge >= 0.3 is 0 Å². The average Bonchev–Trinajstić information content (AvgIpc) is 3.26. The van der Waals surface area contributed by atoms with Crippen LogP contribution in [-0.2, 0) is 9.59 Å². The maximum absolute atomic E-state index is 13.5. The number of ether oxygens (including phenoxy) is 1. The normalized spacial score (nSPS) is 19.1. The Hall–Kier alpha value is -4.30. The molecule has 41 heavy (non-hydrogen) atoms. The van der Waals surface area contributed by atoms with E-state index in [0.717, 1.165) is 51.1 Å². The molecule has 5 rings (SSSR count). The number of unbranched alkanes of at least 4 members (excludes halogenated alkanes) is 2. The van der Waals surface area contributed by atoms with Gasteiger partial charge in [-0.2, -0.15) is 0 Å². The van der Waals surface area contributed by atoms with Gasteiger partial charge in [0.2, 0.25) is 0 Å². The fourth-order valence-electron chi connectivity index (χ4n) is 5.37. The number of hydrogen-bond donors (Lipinski definition) is 2. The summed E-state index contributed by atoms with van der Waals surface area (Å²) < 4.78 is 5.79. The van der Waals surface area contributed by atoms with E-state index >= 15 is 0 Å². The first-order valence-electron chi connectivity index (χ1n) is 14.2. The number of phenols is 1. The van der Waals surface area contributed by atoms with E-state index in [1.165, 1.54) is 17.0 Å². The number of carbonyl (C=O) groups excluding carboxylic acids is 2. The SMILES string of the molecule is CCCCCOc1ccc(/C(O)=C2\C(=O)C(=O)N(c3ccc(N4CCN(C)CC4)cc3)C2c2ccc(O)cc2)cc1. The van der Waals surface area contributed by atoms with Crippen LogP contribution in [0.3, 0.4) is 0 Å². The second-order valence-electron chi connectivity index (χ2n) is 10.6. The van der Waals surface area contributed by atoms with Gasteiger partial charge in [0.15, 0.2) is 0 Å². The molecule has 3 aromatic rings. The number of piperazine rings is 1. The molecule has 2 aliphatic rings. The van der Waals surface area contributed by atoms with E-state index in [0.29, 0.717) is 29.2 Å². The van der Waals surface area contributed by atoms with Crippen LogP contribution in [0.1, 0.15) is 43.4 Å². The first-order valence-corrected chi connectivity index (χ1v) is 14.2. The molecule has 0 saturated carbocycles. The minimum atomic E-state index is -0.866. The quantitative estimate of drug-likeness (QED) is 0.159. The average molecular weight is 556 g/mol. The lowest BCUT2D eigenvalue weighted by atomic mass is 9.95. The zero-order chi connectivity index (χ0) is 28.9. The van der Waals surface area contributed by atoms with E-state index in [9.17, 15) is 19.8 Å². The topological polar surface area (TPSA) is 93.5 Å². The number of likely N-dealkylation sites (N-methyl/N-ethyl adjacent to an activating group) is 1. The number of aliphatic hydroxyl groups is 1. The van der Waals surface area contributed by atoms with Crippen LogP contribution in [0, 0.1) is 0 Å². The van der Waals surface area contributed by atoms with Gasteiger partial charge in [-0.1, -0.05) is 31.9 Å². The highest BCUT2D eigenvalue weighted by atomic mass is 16.5. The first-order chi connectivity index (χ1) is 19.9. The summed E-state index contributed by atoms with van der Waals surface area (Å²) in [6.07, 6.45) is 3.16. The molecular formula is C33H37N3O5. The molecule has 2 aliphatic heterocycles. The Balaban J connectivity index is 1.48. The van der Waals surface area contributed by atoms with Gasteiger partial charge in [0.05, 0.1) is 18.2 Å². The predicted molar refractivity (Wildman–Crippen MR) is 161 cm³/mol. The number of phenolic OH excluding ortho intramolecular Hbond substituents is 1. The van der Waals surface area contributed by atoms with E-state index in [2.05, 4.69) is 23.8 Å². The van der Waals surface area contributed by atoms with Crippen molar-refractivity contribution in [3.63, 3.8) is 0 Å². The number of anilines is 2. The number of ketones is 1. The fraction of sp³-hybridized carbons (Fsp3) is 0.333. The maximum atomic E-state index is 13.5. The van der Waals surface area contributed by atoms with Crippen molar-refractivity contribution in [2.24, 2.45) is 0 Å². The molecule has 0 bridgehead atoms. The summed E-state index contributed by atoms with van der Waals surface area (Å²) in [5.41, 5.74) is 2.62.